The van der Waals surface area contributed by atoms with Crippen LogP contribution in [0, 0.1) is 6.92 Å². The first-order chi connectivity index (χ1) is 10.6. The fourth-order valence-electron chi connectivity index (χ4n) is 2.28. The Morgan fingerprint density at radius 3 is 2.77 bits per heavy atom. The molecular formula is C16H21NO5. The topological polar surface area (TPSA) is 66.0 Å². The summed E-state index contributed by atoms with van der Waals surface area (Å²) in [5.41, 5.74) is 1.15. The number of carbonyl (C=O) groups is 1. The summed E-state index contributed by atoms with van der Waals surface area (Å²) in [6, 6.07) is 1.75. The predicted octanol–water partition coefficient (Wildman–Crippen LogP) is 2.40. The summed E-state index contributed by atoms with van der Waals surface area (Å²) >= 11 is 0. The fourth-order valence-corrected chi connectivity index (χ4v) is 2.28. The molecule has 1 aromatic carbocycles. The first-order valence-electron chi connectivity index (χ1n) is 7.21. The molecule has 1 amide bonds. The standard InChI is InChI=1S/C16H21NO5/c1-5-17-16(18)13-10(3)9-12(22-11(4)19-6-2)14-15(13)21-8-7-20-14/h5,9,11H,1,6-8H2,2-4H3,(H,17,18). The quantitative estimate of drug-likeness (QED) is 0.818. The Labute approximate surface area is 130 Å². The number of nitrogens with one attached hydrogen (secondary N) is 1. The van der Waals surface area contributed by atoms with Crippen molar-refractivity contribution >= 4 is 5.91 Å². The Morgan fingerprint density at radius 2 is 2.14 bits per heavy atom. The predicted molar refractivity (Wildman–Crippen MR) is 81.5 cm³/mol. The van der Waals surface area contributed by atoms with Gasteiger partial charge in [0.1, 0.15) is 13.2 Å². The summed E-state index contributed by atoms with van der Waals surface area (Å²) in [6.07, 6.45) is 0.909. The third-order valence-corrected chi connectivity index (χ3v) is 3.13. The number of amides is 1. The number of hydrogen-bond acceptors (Lipinski definition) is 5. The fraction of sp³-hybridized carbons (Fsp3) is 0.438. The van der Waals surface area contributed by atoms with E-state index in [0.29, 0.717) is 42.6 Å². The molecule has 1 N–H and O–H groups in total. The van der Waals surface area contributed by atoms with Gasteiger partial charge in [0, 0.05) is 6.61 Å². The van der Waals surface area contributed by atoms with Gasteiger partial charge in [-0.15, -0.1) is 0 Å². The Bertz CT molecular complexity index is 570. The molecule has 1 unspecified atom stereocenters. The zero-order valence-electron chi connectivity index (χ0n) is 13.1. The average Bonchev–Trinajstić information content (AvgIpc) is 2.47. The zero-order chi connectivity index (χ0) is 16.1. The Morgan fingerprint density at radius 1 is 1.45 bits per heavy atom. The minimum absolute atomic E-state index is 0.293. The summed E-state index contributed by atoms with van der Waals surface area (Å²) in [5.74, 6) is 1.03. The molecule has 1 atom stereocenters. The molecule has 1 aromatic rings. The van der Waals surface area contributed by atoms with Crippen LogP contribution in [0.2, 0.25) is 0 Å². The largest absolute Gasteiger partial charge is 0.485 e. The molecule has 2 rings (SSSR count). The maximum Gasteiger partial charge on any atom is 0.259 e. The van der Waals surface area contributed by atoms with Crippen LogP contribution in [-0.4, -0.2) is 32.0 Å². The van der Waals surface area contributed by atoms with Crippen molar-refractivity contribution < 1.29 is 23.7 Å². The number of benzene rings is 1. The summed E-state index contributed by atoms with van der Waals surface area (Å²) in [6.45, 7) is 10.3. The molecule has 0 bridgehead atoms. The molecule has 1 aliphatic rings. The third kappa shape index (κ3) is 3.33. The van der Waals surface area contributed by atoms with Gasteiger partial charge in [-0.05, 0) is 38.6 Å². The number of rotatable bonds is 6. The molecule has 0 radical (unpaired) electrons. The SMILES string of the molecule is C=CNC(=O)c1c(C)cc(OC(C)OCC)c2c1OCCO2. The van der Waals surface area contributed by atoms with Crippen LogP contribution >= 0.6 is 0 Å². The molecule has 1 aliphatic heterocycles. The van der Waals surface area contributed by atoms with E-state index in [9.17, 15) is 4.79 Å². The van der Waals surface area contributed by atoms with Crippen LogP contribution in [0.4, 0.5) is 0 Å². The molecule has 0 saturated carbocycles. The van der Waals surface area contributed by atoms with E-state index in [1.165, 1.54) is 6.20 Å². The number of ether oxygens (including phenoxy) is 4. The molecule has 0 aromatic heterocycles. The van der Waals surface area contributed by atoms with Crippen molar-refractivity contribution in [1.82, 2.24) is 5.32 Å². The monoisotopic (exact) mass is 307 g/mol. The van der Waals surface area contributed by atoms with Crippen LogP contribution in [0.5, 0.6) is 17.2 Å². The average molecular weight is 307 g/mol. The van der Waals surface area contributed by atoms with Crippen molar-refractivity contribution in [3.63, 3.8) is 0 Å². The highest BCUT2D eigenvalue weighted by atomic mass is 16.7. The van der Waals surface area contributed by atoms with Crippen LogP contribution in [-0.2, 0) is 4.74 Å². The zero-order valence-corrected chi connectivity index (χ0v) is 13.1. The van der Waals surface area contributed by atoms with Gasteiger partial charge < -0.3 is 24.3 Å². The van der Waals surface area contributed by atoms with E-state index in [4.69, 9.17) is 18.9 Å². The Balaban J connectivity index is 2.43. The van der Waals surface area contributed by atoms with Gasteiger partial charge in [0.25, 0.3) is 5.91 Å². The molecule has 6 nitrogen and oxygen atoms in total. The van der Waals surface area contributed by atoms with Crippen molar-refractivity contribution in [2.45, 2.75) is 27.1 Å². The van der Waals surface area contributed by atoms with Crippen molar-refractivity contribution in [2.24, 2.45) is 0 Å². The molecular weight excluding hydrogens is 286 g/mol. The smallest absolute Gasteiger partial charge is 0.259 e. The second-order valence-corrected chi connectivity index (χ2v) is 4.74. The van der Waals surface area contributed by atoms with E-state index < -0.39 is 6.29 Å². The van der Waals surface area contributed by atoms with Crippen LogP contribution in [0.3, 0.4) is 0 Å². The number of carbonyl (C=O) groups excluding carboxylic acids is 1. The molecule has 0 saturated heterocycles. The van der Waals surface area contributed by atoms with E-state index in [1.807, 2.05) is 13.8 Å². The summed E-state index contributed by atoms with van der Waals surface area (Å²) in [7, 11) is 0. The maximum absolute atomic E-state index is 12.2. The van der Waals surface area contributed by atoms with Gasteiger partial charge in [0.05, 0.1) is 5.56 Å². The summed E-state index contributed by atoms with van der Waals surface area (Å²) in [4.78, 5) is 12.2. The van der Waals surface area contributed by atoms with E-state index in [0.717, 1.165) is 5.56 Å². The number of aryl methyl sites for hydroxylation is 1. The second kappa shape index (κ2) is 7.17. The van der Waals surface area contributed by atoms with Gasteiger partial charge >= 0.3 is 0 Å². The number of hydrogen-bond donors (Lipinski definition) is 1. The van der Waals surface area contributed by atoms with Crippen LogP contribution in [0.15, 0.2) is 18.8 Å². The van der Waals surface area contributed by atoms with Gasteiger partial charge in [0.15, 0.2) is 17.8 Å². The van der Waals surface area contributed by atoms with Crippen molar-refractivity contribution in [2.75, 3.05) is 19.8 Å². The molecule has 1 heterocycles. The minimum Gasteiger partial charge on any atom is -0.485 e. The highest BCUT2D eigenvalue weighted by molar-refractivity contribution is 6.00. The molecule has 0 fully saturated rings. The van der Waals surface area contributed by atoms with E-state index in [1.54, 1.807) is 13.0 Å². The maximum atomic E-state index is 12.2. The van der Waals surface area contributed by atoms with E-state index in [2.05, 4.69) is 11.9 Å². The lowest BCUT2D eigenvalue weighted by Crippen LogP contribution is -2.24. The molecule has 0 aliphatic carbocycles. The first-order valence-corrected chi connectivity index (χ1v) is 7.21. The van der Waals surface area contributed by atoms with Gasteiger partial charge in [-0.2, -0.15) is 0 Å². The second-order valence-electron chi connectivity index (χ2n) is 4.74. The van der Waals surface area contributed by atoms with Gasteiger partial charge in [-0.1, -0.05) is 6.58 Å². The van der Waals surface area contributed by atoms with E-state index in [-0.39, 0.29) is 5.91 Å². The molecule has 22 heavy (non-hydrogen) atoms. The lowest BCUT2D eigenvalue weighted by atomic mass is 10.0. The van der Waals surface area contributed by atoms with Gasteiger partial charge in [0.2, 0.25) is 5.75 Å². The highest BCUT2D eigenvalue weighted by Gasteiger charge is 2.27. The van der Waals surface area contributed by atoms with Crippen LogP contribution < -0.4 is 19.5 Å². The lowest BCUT2D eigenvalue weighted by Gasteiger charge is -2.25. The van der Waals surface area contributed by atoms with E-state index >= 15 is 0 Å². The summed E-state index contributed by atoms with van der Waals surface area (Å²) in [5, 5.41) is 2.56. The summed E-state index contributed by atoms with van der Waals surface area (Å²) < 4.78 is 22.4. The van der Waals surface area contributed by atoms with Gasteiger partial charge in [-0.3, -0.25) is 4.79 Å². The van der Waals surface area contributed by atoms with Crippen molar-refractivity contribution in [1.29, 1.82) is 0 Å². The number of fused-ring (bicyclic) bond motifs is 1. The normalized spacial score (nSPS) is 14.1. The minimum atomic E-state index is -0.424. The Hall–Kier alpha value is -2.21. The van der Waals surface area contributed by atoms with Crippen LogP contribution in [0.25, 0.3) is 0 Å². The van der Waals surface area contributed by atoms with Gasteiger partial charge in [-0.25, -0.2) is 0 Å². The highest BCUT2D eigenvalue weighted by Crippen LogP contribution is 2.44. The Kier molecular flexibility index (Phi) is 5.27. The molecule has 6 heteroatoms. The van der Waals surface area contributed by atoms with Crippen molar-refractivity contribution in [3.8, 4) is 17.2 Å². The molecule has 120 valence electrons. The molecule has 0 spiro atoms. The van der Waals surface area contributed by atoms with Crippen molar-refractivity contribution in [3.05, 3.63) is 30.0 Å². The lowest BCUT2D eigenvalue weighted by molar-refractivity contribution is -0.0631. The van der Waals surface area contributed by atoms with Crippen LogP contribution in [0.1, 0.15) is 29.8 Å². The first kappa shape index (κ1) is 16.2. The third-order valence-electron chi connectivity index (χ3n) is 3.13.